The average molecular weight is 298 g/mol. The average Bonchev–Trinajstić information content (AvgIpc) is 2.35. The number of benzene rings is 1. The molecule has 19 heavy (non-hydrogen) atoms. The number of hydrogen-bond donors (Lipinski definition) is 2. The first-order valence-corrected chi connectivity index (χ1v) is 7.20. The third-order valence-electron chi connectivity index (χ3n) is 2.38. The Kier molecular flexibility index (Phi) is 6.81. The van der Waals surface area contributed by atoms with Crippen LogP contribution in [0.15, 0.2) is 29.4 Å². The topological polar surface area (TPSA) is 36.4 Å². The van der Waals surface area contributed by atoms with Crippen LogP contribution >= 0.6 is 23.8 Å². The lowest BCUT2D eigenvalue weighted by Gasteiger charge is -2.11. The lowest BCUT2D eigenvalue weighted by atomic mass is 10.1. The van der Waals surface area contributed by atoms with Crippen LogP contribution in [0.3, 0.4) is 0 Å². The minimum Gasteiger partial charge on any atom is -0.359 e. The maximum atomic E-state index is 5.89. The summed E-state index contributed by atoms with van der Waals surface area (Å²) in [4.78, 5) is 0. The highest BCUT2D eigenvalue weighted by Gasteiger charge is 2.04. The lowest BCUT2D eigenvalue weighted by Crippen LogP contribution is -2.37. The van der Waals surface area contributed by atoms with E-state index >= 15 is 0 Å². The maximum Gasteiger partial charge on any atom is 0.187 e. The zero-order chi connectivity index (χ0) is 14.3. The fourth-order valence-electron chi connectivity index (χ4n) is 1.56. The van der Waals surface area contributed by atoms with Gasteiger partial charge in [0.05, 0.1) is 5.71 Å². The Bertz CT molecular complexity index is 441. The molecule has 1 rings (SSSR count). The van der Waals surface area contributed by atoms with Gasteiger partial charge in [-0.3, -0.25) is 5.43 Å². The maximum absolute atomic E-state index is 5.89. The number of nitrogens with one attached hydrogen (secondary N) is 2. The molecule has 0 saturated heterocycles. The lowest BCUT2D eigenvalue weighted by molar-refractivity contribution is 0.719. The highest BCUT2D eigenvalue weighted by atomic mass is 35.5. The van der Waals surface area contributed by atoms with Gasteiger partial charge in [0.1, 0.15) is 0 Å². The number of rotatable bonds is 5. The van der Waals surface area contributed by atoms with E-state index in [4.69, 9.17) is 23.8 Å². The van der Waals surface area contributed by atoms with Gasteiger partial charge in [-0.05, 0) is 50.2 Å². The molecule has 0 fully saturated rings. The SMILES string of the molecule is CCC/C(=N/NC(=S)NC(C)C)c1ccc(Cl)cc1. The molecule has 0 aliphatic rings. The molecule has 0 radical (unpaired) electrons. The largest absolute Gasteiger partial charge is 0.359 e. The third-order valence-corrected chi connectivity index (χ3v) is 2.84. The molecule has 0 amide bonds. The summed E-state index contributed by atoms with van der Waals surface area (Å²) in [6.45, 7) is 6.18. The molecular weight excluding hydrogens is 278 g/mol. The molecule has 0 bridgehead atoms. The number of nitrogens with zero attached hydrogens (tertiary/aromatic N) is 1. The van der Waals surface area contributed by atoms with E-state index in [9.17, 15) is 0 Å². The number of hydrazone groups is 1. The number of halogens is 1. The summed E-state index contributed by atoms with van der Waals surface area (Å²) >= 11 is 11.0. The van der Waals surface area contributed by atoms with Crippen LogP contribution in [0.2, 0.25) is 5.02 Å². The van der Waals surface area contributed by atoms with E-state index in [1.165, 1.54) is 0 Å². The molecule has 0 aliphatic carbocycles. The van der Waals surface area contributed by atoms with Crippen molar-refractivity contribution in [2.45, 2.75) is 39.7 Å². The molecule has 104 valence electrons. The van der Waals surface area contributed by atoms with Gasteiger partial charge in [0, 0.05) is 11.1 Å². The van der Waals surface area contributed by atoms with Crippen molar-refractivity contribution in [2.75, 3.05) is 0 Å². The van der Waals surface area contributed by atoms with Crippen LogP contribution in [0.25, 0.3) is 0 Å². The zero-order valence-corrected chi connectivity index (χ0v) is 13.1. The molecule has 1 aromatic carbocycles. The molecule has 0 aromatic heterocycles. The van der Waals surface area contributed by atoms with Gasteiger partial charge in [-0.15, -0.1) is 0 Å². The molecule has 3 nitrogen and oxygen atoms in total. The second-order valence-electron chi connectivity index (χ2n) is 4.56. The van der Waals surface area contributed by atoms with Crippen LogP contribution in [-0.2, 0) is 0 Å². The second kappa shape index (κ2) is 8.12. The van der Waals surface area contributed by atoms with Crippen molar-refractivity contribution >= 4 is 34.6 Å². The van der Waals surface area contributed by atoms with Crippen LogP contribution < -0.4 is 10.7 Å². The van der Waals surface area contributed by atoms with Crippen LogP contribution in [0.1, 0.15) is 39.2 Å². The first-order valence-electron chi connectivity index (χ1n) is 6.42. The Labute approximate surface area is 125 Å². The second-order valence-corrected chi connectivity index (χ2v) is 5.40. The van der Waals surface area contributed by atoms with Gasteiger partial charge < -0.3 is 5.32 Å². The summed E-state index contributed by atoms with van der Waals surface area (Å²) < 4.78 is 0. The van der Waals surface area contributed by atoms with Crippen LogP contribution in [-0.4, -0.2) is 16.9 Å². The van der Waals surface area contributed by atoms with E-state index in [0.29, 0.717) is 11.2 Å². The normalized spacial score (nSPS) is 11.5. The summed E-state index contributed by atoms with van der Waals surface area (Å²) in [7, 11) is 0. The molecular formula is C14H20ClN3S. The summed E-state index contributed by atoms with van der Waals surface area (Å²) in [6, 6.07) is 7.97. The highest BCUT2D eigenvalue weighted by molar-refractivity contribution is 7.80. The quantitative estimate of drug-likeness (QED) is 0.494. The molecule has 0 saturated carbocycles. The Morgan fingerprint density at radius 1 is 1.32 bits per heavy atom. The standard InChI is InChI=1S/C14H20ClN3S/c1-4-5-13(11-6-8-12(15)9-7-11)17-18-14(19)16-10(2)3/h6-10H,4-5H2,1-3H3,(H2,16,18,19)/b17-13-. The Balaban J connectivity index is 2.76. The monoisotopic (exact) mass is 297 g/mol. The first-order chi connectivity index (χ1) is 9.02. The zero-order valence-electron chi connectivity index (χ0n) is 11.5. The van der Waals surface area contributed by atoms with Crippen molar-refractivity contribution in [3.8, 4) is 0 Å². The van der Waals surface area contributed by atoms with E-state index in [1.54, 1.807) is 0 Å². The van der Waals surface area contributed by atoms with Crippen molar-refractivity contribution in [1.29, 1.82) is 0 Å². The molecule has 0 unspecified atom stereocenters. The summed E-state index contributed by atoms with van der Waals surface area (Å²) in [5.74, 6) is 0. The fraction of sp³-hybridized carbons (Fsp3) is 0.429. The first kappa shape index (κ1) is 15.9. The van der Waals surface area contributed by atoms with E-state index in [-0.39, 0.29) is 0 Å². The predicted molar refractivity (Wildman–Crippen MR) is 86.9 cm³/mol. The van der Waals surface area contributed by atoms with Gasteiger partial charge in [0.15, 0.2) is 5.11 Å². The Morgan fingerprint density at radius 2 is 1.95 bits per heavy atom. The third kappa shape index (κ3) is 6.03. The van der Waals surface area contributed by atoms with Crippen molar-refractivity contribution < 1.29 is 0 Å². The minimum atomic E-state index is 0.292. The van der Waals surface area contributed by atoms with Crippen molar-refractivity contribution in [1.82, 2.24) is 10.7 Å². The molecule has 2 N–H and O–H groups in total. The molecule has 0 heterocycles. The van der Waals surface area contributed by atoms with Gasteiger partial charge in [-0.2, -0.15) is 5.10 Å². The van der Waals surface area contributed by atoms with E-state index in [1.807, 2.05) is 38.1 Å². The van der Waals surface area contributed by atoms with Crippen LogP contribution in [0.4, 0.5) is 0 Å². The van der Waals surface area contributed by atoms with Gasteiger partial charge >= 0.3 is 0 Å². The molecule has 1 aromatic rings. The Morgan fingerprint density at radius 3 is 2.47 bits per heavy atom. The van der Waals surface area contributed by atoms with E-state index in [0.717, 1.165) is 29.1 Å². The van der Waals surface area contributed by atoms with E-state index in [2.05, 4.69) is 22.8 Å². The van der Waals surface area contributed by atoms with Gasteiger partial charge in [0.2, 0.25) is 0 Å². The molecule has 0 spiro atoms. The molecule has 0 aliphatic heterocycles. The van der Waals surface area contributed by atoms with E-state index < -0.39 is 0 Å². The highest BCUT2D eigenvalue weighted by Crippen LogP contribution is 2.12. The number of thiocarbonyl (C=S) groups is 1. The van der Waals surface area contributed by atoms with Gasteiger partial charge in [-0.1, -0.05) is 37.1 Å². The molecule has 0 atom stereocenters. The molecule has 5 heteroatoms. The van der Waals surface area contributed by atoms with Crippen LogP contribution in [0.5, 0.6) is 0 Å². The fourth-order valence-corrected chi connectivity index (χ4v) is 1.96. The predicted octanol–water partition coefficient (Wildman–Crippen LogP) is 3.72. The minimum absolute atomic E-state index is 0.292. The van der Waals surface area contributed by atoms with Crippen molar-refractivity contribution in [2.24, 2.45) is 5.10 Å². The smallest absolute Gasteiger partial charge is 0.187 e. The van der Waals surface area contributed by atoms with Gasteiger partial charge in [-0.25, -0.2) is 0 Å². The summed E-state index contributed by atoms with van der Waals surface area (Å²) in [5.41, 5.74) is 4.93. The van der Waals surface area contributed by atoms with Crippen LogP contribution in [0, 0.1) is 0 Å². The number of hydrogen-bond acceptors (Lipinski definition) is 2. The summed E-state index contributed by atoms with van der Waals surface area (Å²) in [5, 5.41) is 8.74. The van der Waals surface area contributed by atoms with Gasteiger partial charge in [0.25, 0.3) is 0 Å². The van der Waals surface area contributed by atoms with Crippen molar-refractivity contribution in [3.63, 3.8) is 0 Å². The summed E-state index contributed by atoms with van der Waals surface area (Å²) in [6.07, 6.45) is 1.91. The Hall–Kier alpha value is -1.13. The van der Waals surface area contributed by atoms with Crippen molar-refractivity contribution in [3.05, 3.63) is 34.9 Å².